The van der Waals surface area contributed by atoms with E-state index in [2.05, 4.69) is 25.7 Å². The number of ketones is 1. The van der Waals surface area contributed by atoms with Crippen molar-refractivity contribution in [3.8, 4) is 0 Å². The molecule has 1 rings (SSSR count). The topological polar surface area (TPSA) is 17.1 Å². The fourth-order valence-corrected chi connectivity index (χ4v) is 1.69. The van der Waals surface area contributed by atoms with Gasteiger partial charge in [0, 0.05) is 6.42 Å². The average Bonchev–Trinajstić information content (AvgIpc) is 2.05. The van der Waals surface area contributed by atoms with E-state index in [9.17, 15) is 4.79 Å². The van der Waals surface area contributed by atoms with Crippen molar-refractivity contribution in [2.75, 3.05) is 0 Å². The minimum Gasteiger partial charge on any atom is -0.295 e. The summed E-state index contributed by atoms with van der Waals surface area (Å²) in [5.74, 6) is 0.157. The summed E-state index contributed by atoms with van der Waals surface area (Å²) in [5.41, 5.74) is 0.101. The van der Waals surface area contributed by atoms with E-state index < -0.39 is 0 Å². The van der Waals surface area contributed by atoms with E-state index in [1.54, 1.807) is 0 Å². The standard InChI is InChI=1S/C11H16O/c1-3-10(12)9-11(2)7-5-4-6-8-11/h3,5,7H,1,4,6,8-9H2,2H3/t11-/m0/s1. The second kappa shape index (κ2) is 3.70. The summed E-state index contributed by atoms with van der Waals surface area (Å²) in [5, 5.41) is 0. The van der Waals surface area contributed by atoms with E-state index in [1.165, 1.54) is 12.5 Å². The summed E-state index contributed by atoms with van der Waals surface area (Å²) in [4.78, 5) is 11.1. The Bertz CT molecular complexity index is 215. The Labute approximate surface area is 74.2 Å². The molecule has 0 aromatic heterocycles. The maximum absolute atomic E-state index is 11.1. The molecule has 0 aliphatic heterocycles. The lowest BCUT2D eigenvalue weighted by Gasteiger charge is -2.27. The molecule has 0 fully saturated rings. The van der Waals surface area contributed by atoms with Crippen molar-refractivity contribution in [1.82, 2.24) is 0 Å². The van der Waals surface area contributed by atoms with Crippen LogP contribution in [0, 0.1) is 5.41 Å². The molecule has 1 aliphatic rings. The number of hydrogen-bond acceptors (Lipinski definition) is 1. The van der Waals surface area contributed by atoms with E-state index in [0.29, 0.717) is 6.42 Å². The quantitative estimate of drug-likeness (QED) is 0.463. The number of rotatable bonds is 3. The minimum absolute atomic E-state index is 0.101. The maximum atomic E-state index is 11.1. The van der Waals surface area contributed by atoms with Gasteiger partial charge in [-0.1, -0.05) is 25.7 Å². The summed E-state index contributed by atoms with van der Waals surface area (Å²) in [7, 11) is 0. The van der Waals surface area contributed by atoms with Gasteiger partial charge in [-0.05, 0) is 30.8 Å². The Morgan fingerprint density at radius 1 is 1.75 bits per heavy atom. The highest BCUT2D eigenvalue weighted by atomic mass is 16.1. The summed E-state index contributed by atoms with van der Waals surface area (Å²) in [6, 6.07) is 0. The van der Waals surface area contributed by atoms with Crippen LogP contribution in [0.5, 0.6) is 0 Å². The van der Waals surface area contributed by atoms with Crippen LogP contribution < -0.4 is 0 Å². The van der Waals surface area contributed by atoms with Gasteiger partial charge in [0.1, 0.15) is 0 Å². The zero-order chi connectivity index (χ0) is 9.03. The first-order chi connectivity index (χ1) is 5.66. The monoisotopic (exact) mass is 164 g/mol. The average molecular weight is 164 g/mol. The lowest BCUT2D eigenvalue weighted by Crippen LogP contribution is -2.19. The van der Waals surface area contributed by atoms with Crippen LogP contribution >= 0.6 is 0 Å². The van der Waals surface area contributed by atoms with Crippen LogP contribution in [0.4, 0.5) is 0 Å². The predicted octanol–water partition coefficient (Wildman–Crippen LogP) is 2.88. The Balaban J connectivity index is 2.58. The molecule has 0 heterocycles. The van der Waals surface area contributed by atoms with E-state index >= 15 is 0 Å². The first-order valence-electron chi connectivity index (χ1n) is 4.49. The highest BCUT2D eigenvalue weighted by Gasteiger charge is 2.24. The van der Waals surface area contributed by atoms with E-state index in [-0.39, 0.29) is 11.2 Å². The smallest absolute Gasteiger partial charge is 0.155 e. The highest BCUT2D eigenvalue weighted by Crippen LogP contribution is 2.33. The first kappa shape index (κ1) is 9.24. The molecule has 0 unspecified atom stereocenters. The molecule has 0 saturated heterocycles. The van der Waals surface area contributed by atoms with Gasteiger partial charge in [-0.15, -0.1) is 0 Å². The number of allylic oxidation sites excluding steroid dienone is 3. The second-order valence-corrected chi connectivity index (χ2v) is 3.80. The van der Waals surface area contributed by atoms with Gasteiger partial charge in [-0.25, -0.2) is 0 Å². The summed E-state index contributed by atoms with van der Waals surface area (Å²) >= 11 is 0. The molecule has 1 nitrogen and oxygen atoms in total. The van der Waals surface area contributed by atoms with Crippen molar-refractivity contribution in [2.45, 2.75) is 32.6 Å². The van der Waals surface area contributed by atoms with Crippen molar-refractivity contribution in [3.63, 3.8) is 0 Å². The van der Waals surface area contributed by atoms with Crippen LogP contribution in [0.15, 0.2) is 24.8 Å². The normalized spacial score (nSPS) is 28.4. The summed E-state index contributed by atoms with van der Waals surface area (Å²) in [6.45, 7) is 5.63. The van der Waals surface area contributed by atoms with Gasteiger partial charge < -0.3 is 0 Å². The van der Waals surface area contributed by atoms with E-state index in [1.807, 2.05) is 0 Å². The van der Waals surface area contributed by atoms with Gasteiger partial charge in [0.05, 0.1) is 0 Å². The summed E-state index contributed by atoms with van der Waals surface area (Å²) < 4.78 is 0. The Morgan fingerprint density at radius 2 is 2.50 bits per heavy atom. The van der Waals surface area contributed by atoms with Crippen molar-refractivity contribution in [2.24, 2.45) is 5.41 Å². The fraction of sp³-hybridized carbons (Fsp3) is 0.545. The third kappa shape index (κ3) is 2.33. The molecule has 0 spiro atoms. The van der Waals surface area contributed by atoms with Gasteiger partial charge >= 0.3 is 0 Å². The van der Waals surface area contributed by atoms with E-state index in [4.69, 9.17) is 0 Å². The van der Waals surface area contributed by atoms with E-state index in [0.717, 1.165) is 12.8 Å². The van der Waals surface area contributed by atoms with Gasteiger partial charge in [0.15, 0.2) is 5.78 Å². The maximum Gasteiger partial charge on any atom is 0.155 e. The first-order valence-corrected chi connectivity index (χ1v) is 4.49. The molecule has 0 radical (unpaired) electrons. The van der Waals surface area contributed by atoms with Gasteiger partial charge in [0.25, 0.3) is 0 Å². The van der Waals surface area contributed by atoms with Crippen LogP contribution in [0.25, 0.3) is 0 Å². The molecule has 1 aliphatic carbocycles. The largest absolute Gasteiger partial charge is 0.295 e. The van der Waals surface area contributed by atoms with Crippen LogP contribution in [-0.4, -0.2) is 5.78 Å². The molecule has 0 bridgehead atoms. The van der Waals surface area contributed by atoms with Crippen LogP contribution in [0.1, 0.15) is 32.6 Å². The van der Waals surface area contributed by atoms with Crippen molar-refractivity contribution >= 4 is 5.78 Å². The zero-order valence-electron chi connectivity index (χ0n) is 7.68. The lowest BCUT2D eigenvalue weighted by molar-refractivity contribution is -0.116. The molecule has 12 heavy (non-hydrogen) atoms. The Kier molecular flexibility index (Phi) is 2.85. The van der Waals surface area contributed by atoms with Crippen LogP contribution in [-0.2, 0) is 4.79 Å². The highest BCUT2D eigenvalue weighted by molar-refractivity contribution is 5.89. The molecule has 0 N–H and O–H groups in total. The fourth-order valence-electron chi connectivity index (χ4n) is 1.69. The molecule has 1 atom stereocenters. The summed E-state index contributed by atoms with van der Waals surface area (Å²) in [6.07, 6.45) is 9.90. The van der Waals surface area contributed by atoms with Crippen LogP contribution in [0.2, 0.25) is 0 Å². The molecular formula is C11H16O. The lowest BCUT2D eigenvalue weighted by atomic mass is 9.77. The molecular weight excluding hydrogens is 148 g/mol. The van der Waals surface area contributed by atoms with Crippen LogP contribution in [0.3, 0.4) is 0 Å². The predicted molar refractivity (Wildman–Crippen MR) is 50.9 cm³/mol. The molecule has 0 aromatic carbocycles. The SMILES string of the molecule is C=CC(=O)C[C@@]1(C)C=CCCC1. The van der Waals surface area contributed by atoms with Crippen molar-refractivity contribution < 1.29 is 4.79 Å². The molecule has 0 saturated carbocycles. The van der Waals surface area contributed by atoms with Crippen molar-refractivity contribution in [1.29, 1.82) is 0 Å². The minimum atomic E-state index is 0.101. The van der Waals surface area contributed by atoms with Gasteiger partial charge in [0.2, 0.25) is 0 Å². The Hall–Kier alpha value is -0.850. The zero-order valence-corrected chi connectivity index (χ0v) is 7.68. The molecule has 0 aromatic rings. The third-order valence-electron chi connectivity index (χ3n) is 2.44. The van der Waals surface area contributed by atoms with Gasteiger partial charge in [-0.3, -0.25) is 4.79 Å². The third-order valence-corrected chi connectivity index (χ3v) is 2.44. The van der Waals surface area contributed by atoms with Gasteiger partial charge in [-0.2, -0.15) is 0 Å². The molecule has 0 amide bonds. The second-order valence-electron chi connectivity index (χ2n) is 3.80. The molecule has 1 heteroatoms. The number of carbonyl (C=O) groups is 1. The Morgan fingerprint density at radius 3 is 3.00 bits per heavy atom. The number of hydrogen-bond donors (Lipinski definition) is 0. The van der Waals surface area contributed by atoms with Crippen molar-refractivity contribution in [3.05, 3.63) is 24.8 Å². The number of carbonyl (C=O) groups excluding carboxylic acids is 1. The molecule has 66 valence electrons.